The van der Waals surface area contributed by atoms with E-state index in [-0.39, 0.29) is 23.3 Å². The Hall–Kier alpha value is -3.90. The number of ether oxygens (including phenoxy) is 2. The third-order valence-electron chi connectivity index (χ3n) is 7.40. The van der Waals surface area contributed by atoms with Crippen molar-refractivity contribution >= 4 is 57.7 Å². The maximum atomic E-state index is 13.8. The van der Waals surface area contributed by atoms with Crippen LogP contribution < -0.4 is 25.7 Å². The summed E-state index contributed by atoms with van der Waals surface area (Å²) in [6, 6.07) is 9.33. The Morgan fingerprint density at radius 3 is 2.56 bits per heavy atom. The fourth-order valence-corrected chi connectivity index (χ4v) is 6.38. The largest absolute Gasteiger partial charge is 0.493 e. The van der Waals surface area contributed by atoms with Crippen LogP contribution in [0, 0.1) is 12.8 Å². The Kier molecular flexibility index (Phi) is 8.32. The van der Waals surface area contributed by atoms with E-state index in [1.807, 2.05) is 36.1 Å². The lowest BCUT2D eigenvalue weighted by Crippen LogP contribution is -2.40. The molecule has 2 fully saturated rings. The molecule has 41 heavy (non-hydrogen) atoms. The van der Waals surface area contributed by atoms with E-state index in [0.717, 1.165) is 11.1 Å². The minimum absolute atomic E-state index is 0.208. The molecule has 0 aliphatic carbocycles. The van der Waals surface area contributed by atoms with Crippen LogP contribution in [-0.4, -0.2) is 64.3 Å². The molecule has 2 amide bonds. The van der Waals surface area contributed by atoms with Crippen molar-refractivity contribution in [2.75, 3.05) is 38.8 Å². The summed E-state index contributed by atoms with van der Waals surface area (Å²) < 4.78 is 12.6. The number of rotatable bonds is 8. The zero-order valence-electron chi connectivity index (χ0n) is 23.1. The third kappa shape index (κ3) is 5.80. The average Bonchev–Trinajstić information content (AvgIpc) is 3.24. The van der Waals surface area contributed by atoms with Crippen LogP contribution in [0.4, 0.5) is 5.82 Å². The number of primary amides is 1. The van der Waals surface area contributed by atoms with Crippen molar-refractivity contribution in [1.29, 1.82) is 0 Å². The van der Waals surface area contributed by atoms with Crippen LogP contribution in [0.15, 0.2) is 46.2 Å². The van der Waals surface area contributed by atoms with Gasteiger partial charge in [-0.3, -0.25) is 23.7 Å². The molecule has 3 aromatic rings. The van der Waals surface area contributed by atoms with Crippen molar-refractivity contribution in [3.05, 3.63) is 68.5 Å². The number of piperidine rings is 1. The van der Waals surface area contributed by atoms with E-state index in [0.29, 0.717) is 76.6 Å². The molecule has 4 heterocycles. The van der Waals surface area contributed by atoms with Crippen molar-refractivity contribution in [1.82, 2.24) is 14.3 Å². The molecule has 0 unspecified atom stereocenters. The fourth-order valence-electron chi connectivity index (χ4n) is 5.09. The molecule has 5 rings (SSSR count). The molecule has 0 bridgehead atoms. The second-order valence-corrected chi connectivity index (χ2v) is 11.7. The summed E-state index contributed by atoms with van der Waals surface area (Å²) >= 11 is 6.74. The highest BCUT2D eigenvalue weighted by Gasteiger charge is 2.33. The summed E-state index contributed by atoms with van der Waals surface area (Å²) in [5.74, 6) is 0.946. The highest BCUT2D eigenvalue weighted by atomic mass is 32.2. The summed E-state index contributed by atoms with van der Waals surface area (Å²) in [6.07, 6.45) is 5.04. The van der Waals surface area contributed by atoms with Crippen molar-refractivity contribution in [2.24, 2.45) is 11.7 Å². The summed E-state index contributed by atoms with van der Waals surface area (Å²) in [7, 11) is 3.16. The first-order chi connectivity index (χ1) is 19.7. The van der Waals surface area contributed by atoms with Crippen LogP contribution >= 0.6 is 24.0 Å². The number of methoxy groups -OCH3 is 2. The van der Waals surface area contributed by atoms with E-state index in [4.69, 9.17) is 32.4 Å². The van der Waals surface area contributed by atoms with Gasteiger partial charge in [0.05, 0.1) is 24.7 Å². The van der Waals surface area contributed by atoms with Gasteiger partial charge in [-0.25, -0.2) is 4.98 Å². The summed E-state index contributed by atoms with van der Waals surface area (Å²) in [5.41, 5.74) is 7.94. The topological polar surface area (TPSA) is 119 Å². The predicted molar refractivity (Wildman–Crippen MR) is 163 cm³/mol. The Balaban J connectivity index is 1.45. The molecule has 0 saturated carbocycles. The van der Waals surface area contributed by atoms with Crippen LogP contribution in [0.2, 0.25) is 0 Å². The number of nitrogens with zero attached hydrogens (tertiary/aromatic N) is 4. The van der Waals surface area contributed by atoms with Crippen LogP contribution in [0.1, 0.15) is 29.5 Å². The number of amides is 2. The van der Waals surface area contributed by atoms with Gasteiger partial charge >= 0.3 is 0 Å². The molecule has 2 aliphatic heterocycles. The standard InChI is InChI=1S/C29H31N5O5S2/c1-17-4-7-24-31-26(32-11-9-19(10-12-32)25(30)35)20(27(36)34(24)16-17)15-23-28(37)33(29(40)41-23)13-8-18-5-6-21(38-2)22(14-18)39-3/h4-7,14-16,19H,8-13H2,1-3H3,(H2,30,35)/b23-15+. The van der Waals surface area contributed by atoms with Crippen LogP contribution in [0.25, 0.3) is 11.7 Å². The van der Waals surface area contributed by atoms with E-state index in [2.05, 4.69) is 0 Å². The van der Waals surface area contributed by atoms with Crippen LogP contribution in [0.5, 0.6) is 11.5 Å². The van der Waals surface area contributed by atoms with E-state index in [9.17, 15) is 14.4 Å². The van der Waals surface area contributed by atoms with Gasteiger partial charge in [-0.15, -0.1) is 0 Å². The Morgan fingerprint density at radius 2 is 1.88 bits per heavy atom. The minimum atomic E-state index is -0.316. The predicted octanol–water partition coefficient (Wildman–Crippen LogP) is 3.17. The van der Waals surface area contributed by atoms with Crippen LogP contribution in [0.3, 0.4) is 0 Å². The Bertz CT molecular complexity index is 1630. The second kappa shape index (κ2) is 11.9. The SMILES string of the molecule is COc1ccc(CCN2C(=O)/C(=C\c3c(N4CCC(C(N)=O)CC4)nc4ccc(C)cn4c3=O)SC2=S)cc1OC. The van der Waals surface area contributed by atoms with Crippen molar-refractivity contribution in [2.45, 2.75) is 26.2 Å². The van der Waals surface area contributed by atoms with Gasteiger partial charge in [0.2, 0.25) is 5.91 Å². The number of aryl methyl sites for hydroxylation is 1. The first-order valence-electron chi connectivity index (χ1n) is 13.2. The van der Waals surface area contributed by atoms with E-state index < -0.39 is 0 Å². The van der Waals surface area contributed by atoms with Gasteiger partial charge in [0.15, 0.2) is 11.5 Å². The first-order valence-corrected chi connectivity index (χ1v) is 14.5. The van der Waals surface area contributed by atoms with Gasteiger partial charge in [0.1, 0.15) is 15.8 Å². The number of aromatic nitrogens is 2. The molecule has 1 aromatic carbocycles. The lowest BCUT2D eigenvalue weighted by atomic mass is 9.96. The molecule has 2 saturated heterocycles. The summed E-state index contributed by atoms with van der Waals surface area (Å²) in [4.78, 5) is 47.7. The highest BCUT2D eigenvalue weighted by Crippen LogP contribution is 2.35. The highest BCUT2D eigenvalue weighted by molar-refractivity contribution is 8.26. The molecule has 0 atom stereocenters. The normalized spacial score (nSPS) is 17.1. The van der Waals surface area contributed by atoms with Crippen molar-refractivity contribution in [3.8, 4) is 11.5 Å². The molecule has 10 nitrogen and oxygen atoms in total. The first kappa shape index (κ1) is 28.6. The zero-order valence-corrected chi connectivity index (χ0v) is 24.7. The number of benzene rings is 1. The minimum Gasteiger partial charge on any atom is -0.493 e. The van der Waals surface area contributed by atoms with E-state index in [1.54, 1.807) is 37.5 Å². The molecular formula is C29H31N5O5S2. The van der Waals surface area contributed by atoms with Gasteiger partial charge in [-0.1, -0.05) is 36.1 Å². The van der Waals surface area contributed by atoms with Gasteiger partial charge in [-0.2, -0.15) is 0 Å². The molecular weight excluding hydrogens is 562 g/mol. The molecule has 0 radical (unpaired) electrons. The lowest BCUT2D eigenvalue weighted by Gasteiger charge is -2.32. The second-order valence-electron chi connectivity index (χ2n) is 10.0. The number of fused-ring (bicyclic) bond motifs is 1. The van der Waals surface area contributed by atoms with Gasteiger partial charge < -0.3 is 20.1 Å². The summed E-state index contributed by atoms with van der Waals surface area (Å²) in [6.45, 7) is 3.32. The van der Waals surface area contributed by atoms with Crippen molar-refractivity contribution < 1.29 is 19.1 Å². The van der Waals surface area contributed by atoms with Gasteiger partial charge in [-0.05, 0) is 61.6 Å². The Labute approximate surface area is 247 Å². The number of nitrogens with two attached hydrogens (primary N) is 1. The van der Waals surface area contributed by atoms with Gasteiger partial charge in [0.25, 0.3) is 11.5 Å². The van der Waals surface area contributed by atoms with E-state index >= 15 is 0 Å². The summed E-state index contributed by atoms with van der Waals surface area (Å²) in [5, 5.41) is 0. The number of carbonyl (C=O) groups excluding carboxylic acids is 2. The molecule has 12 heteroatoms. The molecule has 2 N–H and O–H groups in total. The Morgan fingerprint density at radius 1 is 1.15 bits per heavy atom. The number of hydrogen-bond acceptors (Lipinski definition) is 9. The quantitative estimate of drug-likeness (QED) is 0.310. The number of thiocarbonyl (C=S) groups is 1. The van der Waals surface area contributed by atoms with E-state index in [1.165, 1.54) is 16.2 Å². The third-order valence-corrected chi connectivity index (χ3v) is 8.78. The maximum absolute atomic E-state index is 13.8. The number of pyridine rings is 1. The zero-order chi connectivity index (χ0) is 29.3. The molecule has 0 spiro atoms. The molecule has 2 aromatic heterocycles. The van der Waals surface area contributed by atoms with Gasteiger partial charge in [0, 0.05) is 31.7 Å². The molecule has 2 aliphatic rings. The smallest absolute Gasteiger partial charge is 0.267 e. The molecule has 214 valence electrons. The van der Waals surface area contributed by atoms with Crippen LogP contribution in [-0.2, 0) is 16.0 Å². The maximum Gasteiger partial charge on any atom is 0.267 e. The number of carbonyl (C=O) groups is 2. The lowest BCUT2D eigenvalue weighted by molar-refractivity contribution is -0.123. The fraction of sp³-hybridized carbons (Fsp3) is 0.345. The number of thioether (sulfide) groups is 1. The average molecular weight is 594 g/mol. The number of hydrogen-bond donors (Lipinski definition) is 1. The monoisotopic (exact) mass is 593 g/mol. The number of anilines is 1. The van der Waals surface area contributed by atoms with Crippen molar-refractivity contribution in [3.63, 3.8) is 0 Å².